The van der Waals surface area contributed by atoms with E-state index in [9.17, 15) is 18.0 Å². The number of para-hydroxylation sites is 1. The number of carbonyl (C=O) groups excluding carboxylic acids is 1. The van der Waals surface area contributed by atoms with Crippen molar-refractivity contribution >= 4 is 23.2 Å². The van der Waals surface area contributed by atoms with E-state index in [2.05, 4.69) is 5.32 Å². The average molecular weight is 406 g/mol. The minimum absolute atomic E-state index is 0.175. The second-order valence-electron chi connectivity index (χ2n) is 5.91. The fourth-order valence-electron chi connectivity index (χ4n) is 2.54. The Labute approximate surface area is 164 Å². The quantitative estimate of drug-likeness (QED) is 0.549. The molecule has 28 heavy (non-hydrogen) atoms. The summed E-state index contributed by atoms with van der Waals surface area (Å²) in [6.07, 6.45) is -4.57. The van der Waals surface area contributed by atoms with Gasteiger partial charge in [-0.15, -0.1) is 0 Å². The molecule has 0 radical (unpaired) electrons. The lowest BCUT2D eigenvalue weighted by atomic mass is 10.1. The summed E-state index contributed by atoms with van der Waals surface area (Å²) in [7, 11) is 0. The van der Waals surface area contributed by atoms with Crippen molar-refractivity contribution < 1.29 is 22.7 Å². The maximum absolute atomic E-state index is 13.1. The first-order valence-electron chi connectivity index (χ1n) is 8.28. The molecule has 3 nitrogen and oxygen atoms in total. The maximum atomic E-state index is 13.1. The van der Waals surface area contributed by atoms with Gasteiger partial charge in [0, 0.05) is 16.1 Å². The van der Waals surface area contributed by atoms with Gasteiger partial charge in [0.15, 0.2) is 0 Å². The predicted molar refractivity (Wildman–Crippen MR) is 102 cm³/mol. The van der Waals surface area contributed by atoms with Gasteiger partial charge in [0.2, 0.25) is 0 Å². The van der Waals surface area contributed by atoms with Crippen LogP contribution in [0.15, 0.2) is 72.8 Å². The summed E-state index contributed by atoms with van der Waals surface area (Å²) < 4.78 is 44.9. The number of carbonyl (C=O) groups is 1. The molecule has 0 saturated carbocycles. The van der Waals surface area contributed by atoms with Gasteiger partial charge in [-0.1, -0.05) is 48.0 Å². The molecule has 0 fully saturated rings. The van der Waals surface area contributed by atoms with E-state index in [1.807, 2.05) is 12.1 Å². The van der Waals surface area contributed by atoms with Crippen LogP contribution >= 0.6 is 11.6 Å². The summed E-state index contributed by atoms with van der Waals surface area (Å²) in [5, 5.41) is 2.86. The SMILES string of the molecule is O=C(Nc1ccccc1C(F)(F)F)c1cccc(OCc2ccccc2Cl)c1. The first-order chi connectivity index (χ1) is 13.3. The van der Waals surface area contributed by atoms with Gasteiger partial charge in [0.1, 0.15) is 12.4 Å². The molecule has 0 aliphatic heterocycles. The Morgan fingerprint density at radius 2 is 1.68 bits per heavy atom. The number of amides is 1. The number of nitrogens with one attached hydrogen (secondary N) is 1. The number of ether oxygens (including phenoxy) is 1. The topological polar surface area (TPSA) is 38.3 Å². The van der Waals surface area contributed by atoms with Crippen molar-refractivity contribution in [3.05, 3.63) is 94.5 Å². The largest absolute Gasteiger partial charge is 0.489 e. The van der Waals surface area contributed by atoms with Crippen LogP contribution in [0.2, 0.25) is 5.02 Å². The average Bonchev–Trinajstić information content (AvgIpc) is 2.67. The smallest absolute Gasteiger partial charge is 0.418 e. The minimum Gasteiger partial charge on any atom is -0.489 e. The second-order valence-corrected chi connectivity index (χ2v) is 6.31. The molecule has 0 aromatic heterocycles. The minimum atomic E-state index is -4.57. The molecule has 144 valence electrons. The number of alkyl halides is 3. The van der Waals surface area contributed by atoms with Gasteiger partial charge in [0.25, 0.3) is 5.91 Å². The fraction of sp³-hybridized carbons (Fsp3) is 0.0952. The molecule has 0 aliphatic carbocycles. The van der Waals surface area contributed by atoms with Gasteiger partial charge in [-0.05, 0) is 36.4 Å². The van der Waals surface area contributed by atoms with Crippen molar-refractivity contribution in [2.45, 2.75) is 12.8 Å². The summed E-state index contributed by atoms with van der Waals surface area (Å²) in [5.74, 6) is -0.267. The number of hydrogen-bond donors (Lipinski definition) is 1. The molecular formula is C21H15ClF3NO2. The van der Waals surface area contributed by atoms with E-state index >= 15 is 0 Å². The summed E-state index contributed by atoms with van der Waals surface area (Å²) in [4.78, 5) is 12.4. The molecular weight excluding hydrogens is 391 g/mol. The van der Waals surface area contributed by atoms with E-state index < -0.39 is 17.6 Å². The summed E-state index contributed by atoms with van der Waals surface area (Å²) in [5.41, 5.74) is -0.261. The highest BCUT2D eigenvalue weighted by molar-refractivity contribution is 6.31. The summed E-state index contributed by atoms with van der Waals surface area (Å²) in [6.45, 7) is 0.196. The van der Waals surface area contributed by atoms with E-state index in [1.165, 1.54) is 30.3 Å². The number of benzene rings is 3. The number of halogens is 4. The van der Waals surface area contributed by atoms with Crippen LogP contribution in [0.1, 0.15) is 21.5 Å². The van der Waals surface area contributed by atoms with Gasteiger partial charge in [-0.3, -0.25) is 4.79 Å². The zero-order valence-corrected chi connectivity index (χ0v) is 15.2. The molecule has 0 spiro atoms. The molecule has 7 heteroatoms. The zero-order valence-electron chi connectivity index (χ0n) is 14.5. The van der Waals surface area contributed by atoms with Crippen LogP contribution in [-0.2, 0) is 12.8 Å². The Morgan fingerprint density at radius 3 is 2.43 bits per heavy atom. The van der Waals surface area contributed by atoms with E-state index in [0.717, 1.165) is 11.6 Å². The third-order valence-corrected chi connectivity index (χ3v) is 4.30. The molecule has 1 amide bonds. The lowest BCUT2D eigenvalue weighted by Gasteiger charge is -2.14. The van der Waals surface area contributed by atoms with Crippen LogP contribution < -0.4 is 10.1 Å². The maximum Gasteiger partial charge on any atom is 0.418 e. The first-order valence-corrected chi connectivity index (χ1v) is 8.66. The van der Waals surface area contributed by atoms with Gasteiger partial charge in [-0.2, -0.15) is 13.2 Å². The Hall–Kier alpha value is -2.99. The Bertz CT molecular complexity index is 989. The molecule has 0 unspecified atom stereocenters. The van der Waals surface area contributed by atoms with E-state index in [-0.39, 0.29) is 17.9 Å². The van der Waals surface area contributed by atoms with Gasteiger partial charge < -0.3 is 10.1 Å². The van der Waals surface area contributed by atoms with Crippen LogP contribution in [0.25, 0.3) is 0 Å². The van der Waals surface area contributed by atoms with Crippen molar-refractivity contribution in [2.24, 2.45) is 0 Å². The van der Waals surface area contributed by atoms with Crippen LogP contribution in [0.5, 0.6) is 5.75 Å². The molecule has 1 N–H and O–H groups in total. The molecule has 0 saturated heterocycles. The number of hydrogen-bond acceptors (Lipinski definition) is 2. The summed E-state index contributed by atoms with van der Waals surface area (Å²) >= 11 is 6.08. The normalized spacial score (nSPS) is 11.1. The monoisotopic (exact) mass is 405 g/mol. The molecule has 0 bridgehead atoms. The highest BCUT2D eigenvalue weighted by Gasteiger charge is 2.33. The van der Waals surface area contributed by atoms with Crippen molar-refractivity contribution in [1.29, 1.82) is 0 Å². The van der Waals surface area contributed by atoms with E-state index in [1.54, 1.807) is 24.3 Å². The first kappa shape index (κ1) is 19.8. The van der Waals surface area contributed by atoms with E-state index in [0.29, 0.717) is 10.8 Å². The highest BCUT2D eigenvalue weighted by atomic mass is 35.5. The van der Waals surface area contributed by atoms with Gasteiger partial charge in [0.05, 0.1) is 11.3 Å². The second kappa shape index (κ2) is 8.35. The molecule has 3 rings (SSSR count). The third kappa shape index (κ3) is 4.84. The van der Waals surface area contributed by atoms with Gasteiger partial charge >= 0.3 is 6.18 Å². The molecule has 3 aromatic carbocycles. The summed E-state index contributed by atoms with van der Waals surface area (Å²) in [6, 6.07) is 18.2. The van der Waals surface area contributed by atoms with Crippen LogP contribution in [0.4, 0.5) is 18.9 Å². The molecule has 3 aromatic rings. The Balaban J connectivity index is 1.74. The predicted octanol–water partition coefficient (Wildman–Crippen LogP) is 6.19. The van der Waals surface area contributed by atoms with Crippen molar-refractivity contribution in [3.8, 4) is 5.75 Å². The third-order valence-electron chi connectivity index (χ3n) is 3.93. The Kier molecular flexibility index (Phi) is 5.90. The van der Waals surface area contributed by atoms with Crippen LogP contribution in [0, 0.1) is 0 Å². The van der Waals surface area contributed by atoms with E-state index in [4.69, 9.17) is 16.3 Å². The number of anilines is 1. The van der Waals surface area contributed by atoms with Crippen LogP contribution in [0.3, 0.4) is 0 Å². The Morgan fingerprint density at radius 1 is 0.964 bits per heavy atom. The molecule has 0 atom stereocenters. The van der Waals surface area contributed by atoms with Crippen molar-refractivity contribution in [1.82, 2.24) is 0 Å². The lowest BCUT2D eigenvalue weighted by Crippen LogP contribution is -2.16. The number of rotatable bonds is 5. The van der Waals surface area contributed by atoms with Crippen molar-refractivity contribution in [2.75, 3.05) is 5.32 Å². The standard InChI is InChI=1S/C21H15ClF3NO2/c22-18-10-3-1-6-15(18)13-28-16-8-5-7-14(12-16)20(27)26-19-11-4-2-9-17(19)21(23,24)25/h1-12H,13H2,(H,26,27). The fourth-order valence-corrected chi connectivity index (χ4v) is 2.73. The molecule has 0 heterocycles. The van der Waals surface area contributed by atoms with Crippen molar-refractivity contribution in [3.63, 3.8) is 0 Å². The zero-order chi connectivity index (χ0) is 20.1. The van der Waals surface area contributed by atoms with Crippen LogP contribution in [-0.4, -0.2) is 5.91 Å². The molecule has 0 aliphatic rings. The van der Waals surface area contributed by atoms with Gasteiger partial charge in [-0.25, -0.2) is 0 Å². The highest BCUT2D eigenvalue weighted by Crippen LogP contribution is 2.34. The lowest BCUT2D eigenvalue weighted by molar-refractivity contribution is -0.136.